The van der Waals surface area contributed by atoms with Crippen molar-refractivity contribution in [2.75, 3.05) is 4.90 Å². The van der Waals surface area contributed by atoms with Gasteiger partial charge in [0.05, 0.1) is 17.7 Å². The smallest absolute Gasteiger partial charge is 0.326 e. The van der Waals surface area contributed by atoms with Crippen LogP contribution in [0, 0.1) is 5.92 Å². The molecule has 1 heterocycles. The molecular weight excluding hydrogens is 410 g/mol. The zero-order valence-electron chi connectivity index (χ0n) is 18.3. The normalized spacial score (nSPS) is 14.6. The molecule has 0 radical (unpaired) electrons. The first kappa shape index (κ1) is 23.0. The molecule has 0 aromatic heterocycles. The molecule has 1 aliphatic rings. The number of carbonyl (C=O) groups excluding carboxylic acids is 3. The van der Waals surface area contributed by atoms with Crippen molar-refractivity contribution in [1.82, 2.24) is 10.6 Å². The maximum absolute atomic E-state index is 13.1. The van der Waals surface area contributed by atoms with Crippen LogP contribution in [0.25, 0.3) is 0 Å². The number of nitrogens with zero attached hydrogens (tertiary/aromatic N) is 1. The Morgan fingerprint density at radius 3 is 2.31 bits per heavy atom. The van der Waals surface area contributed by atoms with Gasteiger partial charge in [0, 0.05) is 5.69 Å². The minimum absolute atomic E-state index is 0.0757. The molecule has 1 aliphatic heterocycles. The zero-order valence-corrected chi connectivity index (χ0v) is 18.3. The van der Waals surface area contributed by atoms with Gasteiger partial charge in [-0.3, -0.25) is 14.4 Å². The molecule has 168 valence electrons. The third-order valence-corrected chi connectivity index (χ3v) is 5.31. The molecule has 8 heteroatoms. The minimum atomic E-state index is -1.13. The molecule has 8 nitrogen and oxygen atoms in total. The van der Waals surface area contributed by atoms with Crippen LogP contribution in [0.3, 0.4) is 0 Å². The summed E-state index contributed by atoms with van der Waals surface area (Å²) in [7, 11) is 0. The van der Waals surface area contributed by atoms with E-state index in [1.165, 1.54) is 6.92 Å². The molecule has 0 bridgehead atoms. The van der Waals surface area contributed by atoms with Gasteiger partial charge in [0.25, 0.3) is 11.8 Å². The Morgan fingerprint density at radius 2 is 1.69 bits per heavy atom. The van der Waals surface area contributed by atoms with E-state index in [1.807, 2.05) is 44.2 Å². The fourth-order valence-electron chi connectivity index (χ4n) is 3.70. The molecule has 0 saturated heterocycles. The van der Waals surface area contributed by atoms with Crippen molar-refractivity contribution in [1.29, 1.82) is 0 Å². The van der Waals surface area contributed by atoms with Gasteiger partial charge in [0.2, 0.25) is 5.91 Å². The number of carbonyl (C=O) groups is 4. The average molecular weight is 437 g/mol. The van der Waals surface area contributed by atoms with Crippen molar-refractivity contribution >= 4 is 29.4 Å². The van der Waals surface area contributed by atoms with E-state index < -0.39 is 29.9 Å². The number of anilines is 1. The first-order chi connectivity index (χ1) is 15.2. The number of amides is 3. The summed E-state index contributed by atoms with van der Waals surface area (Å²) in [6.45, 7) is 5.55. The van der Waals surface area contributed by atoms with Crippen molar-refractivity contribution < 1.29 is 24.3 Å². The predicted octanol–water partition coefficient (Wildman–Crippen LogP) is 2.58. The summed E-state index contributed by atoms with van der Waals surface area (Å²) in [5.41, 5.74) is 1.95. The number of hydrogen-bond donors (Lipinski definition) is 3. The van der Waals surface area contributed by atoms with Crippen LogP contribution < -0.4 is 15.5 Å². The van der Waals surface area contributed by atoms with Gasteiger partial charge >= 0.3 is 5.97 Å². The second-order valence-electron chi connectivity index (χ2n) is 8.29. The first-order valence-corrected chi connectivity index (χ1v) is 10.5. The molecule has 0 aliphatic carbocycles. The van der Waals surface area contributed by atoms with E-state index in [2.05, 4.69) is 10.6 Å². The van der Waals surface area contributed by atoms with Crippen LogP contribution in [0.5, 0.6) is 0 Å². The van der Waals surface area contributed by atoms with Gasteiger partial charge in [-0.25, -0.2) is 4.79 Å². The fourth-order valence-corrected chi connectivity index (χ4v) is 3.70. The van der Waals surface area contributed by atoms with E-state index in [-0.39, 0.29) is 23.8 Å². The maximum atomic E-state index is 13.1. The Hall–Kier alpha value is -3.68. The van der Waals surface area contributed by atoms with Crippen molar-refractivity contribution in [2.24, 2.45) is 5.92 Å². The van der Waals surface area contributed by atoms with E-state index in [0.717, 1.165) is 11.3 Å². The predicted molar refractivity (Wildman–Crippen MR) is 119 cm³/mol. The highest BCUT2D eigenvalue weighted by Crippen LogP contribution is 2.30. The maximum Gasteiger partial charge on any atom is 0.326 e. The van der Waals surface area contributed by atoms with Crippen molar-refractivity contribution in [3.8, 4) is 0 Å². The average Bonchev–Trinajstić information content (AvgIpc) is 3.10. The highest BCUT2D eigenvalue weighted by molar-refractivity contribution is 6.16. The minimum Gasteiger partial charge on any atom is -0.480 e. The van der Waals surface area contributed by atoms with Crippen LogP contribution in [0.4, 0.5) is 5.69 Å². The molecule has 0 spiro atoms. The molecule has 3 amide bonds. The largest absolute Gasteiger partial charge is 0.480 e. The molecule has 0 fully saturated rings. The summed E-state index contributed by atoms with van der Waals surface area (Å²) >= 11 is 0. The molecule has 2 atom stereocenters. The standard InChI is InChI=1S/C24H27N3O5/c1-14(2)12-19(24(31)32)26-21(28)15(3)25-22(29)18-11-7-8-16-13-27(23(30)20(16)18)17-9-5-4-6-10-17/h4-11,14-15,19H,12-13H2,1-3H3,(H,25,29)(H,26,28)(H,31,32). The summed E-state index contributed by atoms with van der Waals surface area (Å²) in [5, 5.41) is 14.4. The number of fused-ring (bicyclic) bond motifs is 1. The Kier molecular flexibility index (Phi) is 6.92. The molecule has 32 heavy (non-hydrogen) atoms. The van der Waals surface area contributed by atoms with Gasteiger partial charge in [0.1, 0.15) is 12.1 Å². The Labute approximate surface area is 186 Å². The Bertz CT molecular complexity index is 1040. The second kappa shape index (κ2) is 9.64. The molecular formula is C24H27N3O5. The number of para-hydroxylation sites is 1. The lowest BCUT2D eigenvalue weighted by molar-refractivity contribution is -0.142. The van der Waals surface area contributed by atoms with Crippen LogP contribution in [0.15, 0.2) is 48.5 Å². The number of carboxylic acids is 1. The number of nitrogens with one attached hydrogen (secondary N) is 2. The zero-order chi connectivity index (χ0) is 23.4. The third kappa shape index (κ3) is 4.96. The summed E-state index contributed by atoms with van der Waals surface area (Å²) in [6.07, 6.45) is 0.276. The van der Waals surface area contributed by atoms with E-state index >= 15 is 0 Å². The van der Waals surface area contributed by atoms with Crippen LogP contribution in [-0.4, -0.2) is 40.9 Å². The van der Waals surface area contributed by atoms with E-state index in [9.17, 15) is 24.3 Å². The fraction of sp³-hybridized carbons (Fsp3) is 0.333. The number of carboxylic acid groups (broad SMARTS) is 1. The van der Waals surface area contributed by atoms with E-state index in [0.29, 0.717) is 12.1 Å². The highest BCUT2D eigenvalue weighted by atomic mass is 16.4. The number of aliphatic carboxylic acids is 1. The second-order valence-corrected chi connectivity index (χ2v) is 8.29. The lowest BCUT2D eigenvalue weighted by atomic mass is 10.0. The van der Waals surface area contributed by atoms with Crippen molar-refractivity contribution in [3.63, 3.8) is 0 Å². The van der Waals surface area contributed by atoms with Gasteiger partial charge in [-0.2, -0.15) is 0 Å². The molecule has 2 aromatic rings. The van der Waals surface area contributed by atoms with Crippen molar-refractivity contribution in [2.45, 2.75) is 45.8 Å². The van der Waals surface area contributed by atoms with E-state index in [4.69, 9.17) is 0 Å². The molecule has 2 aromatic carbocycles. The molecule has 3 N–H and O–H groups in total. The van der Waals surface area contributed by atoms with Crippen molar-refractivity contribution in [3.05, 3.63) is 65.2 Å². The lowest BCUT2D eigenvalue weighted by Crippen LogP contribution is -2.50. The van der Waals surface area contributed by atoms with Gasteiger partial charge in [-0.15, -0.1) is 0 Å². The number of hydrogen-bond acceptors (Lipinski definition) is 4. The number of rotatable bonds is 8. The molecule has 3 rings (SSSR count). The Balaban J connectivity index is 1.73. The summed E-state index contributed by atoms with van der Waals surface area (Å²) < 4.78 is 0. The summed E-state index contributed by atoms with van der Waals surface area (Å²) in [6, 6.07) is 12.2. The lowest BCUT2D eigenvalue weighted by Gasteiger charge is -2.20. The summed E-state index contributed by atoms with van der Waals surface area (Å²) in [4.78, 5) is 51.5. The highest BCUT2D eigenvalue weighted by Gasteiger charge is 2.33. The van der Waals surface area contributed by atoms with Gasteiger partial charge in [0.15, 0.2) is 0 Å². The van der Waals surface area contributed by atoms with Crippen LogP contribution >= 0.6 is 0 Å². The monoisotopic (exact) mass is 437 g/mol. The molecule has 0 saturated carbocycles. The van der Waals surface area contributed by atoms with E-state index in [1.54, 1.807) is 23.1 Å². The van der Waals surface area contributed by atoms with Gasteiger partial charge < -0.3 is 20.6 Å². The number of benzene rings is 2. The SMILES string of the molecule is CC(C)CC(NC(=O)C(C)NC(=O)c1cccc2c1C(=O)N(c1ccccc1)C2)C(=O)O. The summed E-state index contributed by atoms with van der Waals surface area (Å²) in [5.74, 6) is -2.50. The van der Waals surface area contributed by atoms with Crippen LogP contribution in [-0.2, 0) is 16.1 Å². The molecule has 2 unspecified atom stereocenters. The van der Waals surface area contributed by atoms with Crippen LogP contribution in [0.2, 0.25) is 0 Å². The van der Waals surface area contributed by atoms with Gasteiger partial charge in [-0.05, 0) is 43.0 Å². The first-order valence-electron chi connectivity index (χ1n) is 10.5. The topological polar surface area (TPSA) is 116 Å². The Morgan fingerprint density at radius 1 is 1.00 bits per heavy atom. The quantitative estimate of drug-likeness (QED) is 0.587. The van der Waals surface area contributed by atoms with Gasteiger partial charge in [-0.1, -0.05) is 44.2 Å². The third-order valence-electron chi connectivity index (χ3n) is 5.31. The van der Waals surface area contributed by atoms with Crippen LogP contribution in [0.1, 0.15) is 53.5 Å².